The number of aromatic nitrogens is 4. The molecule has 13 heteroatoms. The topological polar surface area (TPSA) is 106 Å². The Kier molecular flexibility index (Phi) is 7.87. The van der Waals surface area contributed by atoms with Crippen molar-refractivity contribution in [3.63, 3.8) is 0 Å². The molecule has 2 amide bonds. The van der Waals surface area contributed by atoms with Gasteiger partial charge < -0.3 is 24.2 Å². The second kappa shape index (κ2) is 11.5. The fourth-order valence-electron chi connectivity index (χ4n) is 4.73. The van der Waals surface area contributed by atoms with Crippen molar-refractivity contribution in [3.05, 3.63) is 36.2 Å². The molecule has 3 aromatic rings. The summed E-state index contributed by atoms with van der Waals surface area (Å²) in [5.74, 6) is 0.158. The van der Waals surface area contributed by atoms with Gasteiger partial charge in [0.25, 0.3) is 6.43 Å². The van der Waals surface area contributed by atoms with Crippen molar-refractivity contribution in [2.45, 2.75) is 31.8 Å². The van der Waals surface area contributed by atoms with Gasteiger partial charge in [-0.15, -0.1) is 0 Å². The highest BCUT2D eigenvalue weighted by Gasteiger charge is 2.29. The number of ether oxygens (including phenoxy) is 2. The minimum absolute atomic E-state index is 0.102. The van der Waals surface area contributed by atoms with Gasteiger partial charge in [0.15, 0.2) is 5.82 Å². The molecule has 2 fully saturated rings. The first-order valence-electron chi connectivity index (χ1n) is 12.9. The number of halogens is 2. The Hall–Kier alpha value is -3.87. The third-order valence-corrected chi connectivity index (χ3v) is 6.82. The lowest BCUT2D eigenvalue weighted by Gasteiger charge is -2.27. The number of rotatable bonds is 8. The summed E-state index contributed by atoms with van der Waals surface area (Å²) < 4.78 is 41.1. The highest BCUT2D eigenvalue weighted by molar-refractivity contribution is 5.83. The summed E-state index contributed by atoms with van der Waals surface area (Å²) in [4.78, 5) is 42.9. The molecule has 39 heavy (non-hydrogen) atoms. The lowest BCUT2D eigenvalue weighted by atomic mass is 10.2. The van der Waals surface area contributed by atoms with Crippen LogP contribution in [-0.2, 0) is 14.3 Å². The molecule has 0 unspecified atom stereocenters. The molecule has 2 aliphatic rings. The van der Waals surface area contributed by atoms with Gasteiger partial charge in [-0.3, -0.25) is 14.2 Å². The largest absolute Gasteiger partial charge is 0.472 e. The van der Waals surface area contributed by atoms with Crippen LogP contribution < -0.4 is 9.64 Å². The van der Waals surface area contributed by atoms with Crippen LogP contribution in [0.5, 0.6) is 5.88 Å². The normalized spacial score (nSPS) is 17.7. The summed E-state index contributed by atoms with van der Waals surface area (Å²) in [6.45, 7) is 2.93. The molecule has 5 rings (SSSR count). The number of hydrogen-bond donors (Lipinski definition) is 0. The number of para-hydroxylation sites is 2. The van der Waals surface area contributed by atoms with Crippen molar-refractivity contribution in [3.8, 4) is 11.7 Å². The van der Waals surface area contributed by atoms with Crippen molar-refractivity contribution in [2.75, 3.05) is 58.4 Å². The summed E-state index contributed by atoms with van der Waals surface area (Å²) in [5.41, 5.74) is 0.926. The molecule has 1 atom stereocenters. The lowest BCUT2D eigenvalue weighted by Crippen LogP contribution is -2.37. The van der Waals surface area contributed by atoms with Crippen LogP contribution in [0.2, 0.25) is 0 Å². The number of carbonyl (C=O) groups excluding carboxylic acids is 2. The number of benzene rings is 1. The molecular weight excluding hydrogens is 512 g/mol. The van der Waals surface area contributed by atoms with Gasteiger partial charge in [-0.25, -0.2) is 13.8 Å². The SMILES string of the molecule is CN(C)C(=O)CCC(=O)N1CC[C@H](Oc2cc(-n3c(C(F)F)nc4ccccc43)nc(N3CCOCC3)n2)C1. The van der Waals surface area contributed by atoms with Crippen LogP contribution in [0.3, 0.4) is 0 Å². The van der Waals surface area contributed by atoms with Crippen molar-refractivity contribution < 1.29 is 27.8 Å². The van der Waals surface area contributed by atoms with E-state index in [4.69, 9.17) is 9.47 Å². The van der Waals surface area contributed by atoms with Crippen LogP contribution in [0.25, 0.3) is 16.9 Å². The smallest absolute Gasteiger partial charge is 0.296 e. The number of alkyl halides is 2. The first-order valence-corrected chi connectivity index (χ1v) is 12.9. The van der Waals surface area contributed by atoms with E-state index >= 15 is 0 Å². The van der Waals surface area contributed by atoms with E-state index in [9.17, 15) is 18.4 Å². The highest BCUT2D eigenvalue weighted by atomic mass is 19.3. The zero-order valence-corrected chi connectivity index (χ0v) is 21.9. The summed E-state index contributed by atoms with van der Waals surface area (Å²) >= 11 is 0. The zero-order valence-electron chi connectivity index (χ0n) is 21.9. The zero-order chi connectivity index (χ0) is 27.5. The quantitative estimate of drug-likeness (QED) is 0.427. The average Bonchev–Trinajstić information content (AvgIpc) is 3.57. The summed E-state index contributed by atoms with van der Waals surface area (Å²) in [5, 5.41) is 0. The van der Waals surface area contributed by atoms with E-state index in [1.165, 1.54) is 15.5 Å². The van der Waals surface area contributed by atoms with E-state index in [2.05, 4.69) is 15.0 Å². The first-order chi connectivity index (χ1) is 18.8. The predicted molar refractivity (Wildman–Crippen MR) is 138 cm³/mol. The maximum atomic E-state index is 14.1. The Morgan fingerprint density at radius 1 is 1.10 bits per heavy atom. The molecule has 4 heterocycles. The van der Waals surface area contributed by atoms with Crippen LogP contribution in [0.1, 0.15) is 31.5 Å². The molecule has 0 N–H and O–H groups in total. The number of imidazole rings is 1. The predicted octanol–water partition coefficient (Wildman–Crippen LogP) is 2.44. The molecule has 0 spiro atoms. The summed E-state index contributed by atoms with van der Waals surface area (Å²) in [7, 11) is 3.31. The first kappa shape index (κ1) is 26.7. The number of carbonyl (C=O) groups is 2. The minimum atomic E-state index is -2.82. The second-order valence-electron chi connectivity index (χ2n) is 9.72. The third-order valence-electron chi connectivity index (χ3n) is 6.82. The van der Waals surface area contributed by atoms with Gasteiger partial charge in [0.2, 0.25) is 23.6 Å². The van der Waals surface area contributed by atoms with Gasteiger partial charge in [0, 0.05) is 59.1 Å². The van der Waals surface area contributed by atoms with E-state index in [-0.39, 0.29) is 42.5 Å². The number of likely N-dealkylation sites (tertiary alicyclic amines) is 1. The molecule has 2 saturated heterocycles. The van der Waals surface area contributed by atoms with Crippen LogP contribution in [-0.4, -0.2) is 101 Å². The van der Waals surface area contributed by atoms with Crippen molar-refractivity contribution in [1.82, 2.24) is 29.3 Å². The molecule has 0 saturated carbocycles. The Balaban J connectivity index is 1.41. The number of morpholine rings is 1. The van der Waals surface area contributed by atoms with Gasteiger partial charge in [-0.2, -0.15) is 9.97 Å². The van der Waals surface area contributed by atoms with Crippen LogP contribution >= 0.6 is 0 Å². The second-order valence-corrected chi connectivity index (χ2v) is 9.72. The Bertz CT molecular complexity index is 1340. The Morgan fingerprint density at radius 2 is 1.87 bits per heavy atom. The standard InChI is InChI=1S/C26H31F2N7O4/c1-32(2)22(36)7-8-23(37)34-10-9-17(16-34)39-21-15-20(30-26(31-21)33-11-13-38-14-12-33)35-19-6-4-3-5-18(19)29-25(35)24(27)28/h3-6,15,17,24H,7-14,16H2,1-2H3/t17-/m0/s1. The highest BCUT2D eigenvalue weighted by Crippen LogP contribution is 2.30. The van der Waals surface area contributed by atoms with Gasteiger partial charge in [0.05, 0.1) is 30.8 Å². The molecule has 0 aliphatic carbocycles. The van der Waals surface area contributed by atoms with E-state index in [1.807, 2.05) is 4.90 Å². The number of fused-ring (bicyclic) bond motifs is 1. The minimum Gasteiger partial charge on any atom is -0.472 e. The number of nitrogens with zero attached hydrogens (tertiary/aromatic N) is 7. The third kappa shape index (κ3) is 5.92. The lowest BCUT2D eigenvalue weighted by molar-refractivity contribution is -0.135. The number of amides is 2. The van der Waals surface area contributed by atoms with Crippen LogP contribution in [0, 0.1) is 0 Å². The van der Waals surface area contributed by atoms with E-state index in [1.54, 1.807) is 43.3 Å². The van der Waals surface area contributed by atoms with Gasteiger partial charge in [0.1, 0.15) is 11.9 Å². The van der Waals surface area contributed by atoms with E-state index in [0.29, 0.717) is 62.8 Å². The molecule has 11 nitrogen and oxygen atoms in total. The van der Waals surface area contributed by atoms with Gasteiger partial charge >= 0.3 is 0 Å². The Labute approximate surface area is 224 Å². The molecule has 0 radical (unpaired) electrons. The monoisotopic (exact) mass is 543 g/mol. The van der Waals surface area contributed by atoms with Crippen molar-refractivity contribution in [2.24, 2.45) is 0 Å². The molecule has 208 valence electrons. The average molecular weight is 544 g/mol. The van der Waals surface area contributed by atoms with Crippen LogP contribution in [0.15, 0.2) is 30.3 Å². The maximum absolute atomic E-state index is 14.1. The molecule has 2 aliphatic heterocycles. The molecule has 2 aromatic heterocycles. The summed E-state index contributed by atoms with van der Waals surface area (Å²) in [6, 6.07) is 8.42. The maximum Gasteiger partial charge on any atom is 0.296 e. The summed E-state index contributed by atoms with van der Waals surface area (Å²) in [6.07, 6.45) is -2.30. The van der Waals surface area contributed by atoms with Gasteiger partial charge in [-0.05, 0) is 12.1 Å². The van der Waals surface area contributed by atoms with E-state index in [0.717, 1.165) is 0 Å². The van der Waals surface area contributed by atoms with Crippen molar-refractivity contribution >= 4 is 28.8 Å². The molecule has 0 bridgehead atoms. The van der Waals surface area contributed by atoms with E-state index < -0.39 is 12.2 Å². The number of hydrogen-bond acceptors (Lipinski definition) is 8. The number of anilines is 1. The molecular formula is C26H31F2N7O4. The fraction of sp³-hybridized carbons (Fsp3) is 0.500. The van der Waals surface area contributed by atoms with Crippen LogP contribution in [0.4, 0.5) is 14.7 Å². The van der Waals surface area contributed by atoms with Crippen molar-refractivity contribution in [1.29, 1.82) is 0 Å². The molecule has 1 aromatic carbocycles. The fourth-order valence-corrected chi connectivity index (χ4v) is 4.73. The Morgan fingerprint density at radius 3 is 2.62 bits per heavy atom. The van der Waals surface area contributed by atoms with Gasteiger partial charge in [-0.1, -0.05) is 12.1 Å².